The van der Waals surface area contributed by atoms with Gasteiger partial charge >= 0.3 is 6.36 Å². The standard InChI is InChI=1S/C22H20F3N7O4/c23-22(24,25)36-17-4-1-14(21(26)34)19(20(17)29-18(33)11-32-5-7-35-8-6-32)16-3-2-15(30-31-16)13-9-27-12-28-10-13/h1-4,9-10,12H,5-8,11H2,(H2,26,34)(H,29,33). The molecule has 3 aromatic rings. The van der Waals surface area contributed by atoms with E-state index in [1.165, 1.54) is 30.9 Å². The number of halogens is 3. The van der Waals surface area contributed by atoms with Gasteiger partial charge < -0.3 is 20.5 Å². The fourth-order valence-electron chi connectivity index (χ4n) is 3.58. The summed E-state index contributed by atoms with van der Waals surface area (Å²) < 4.78 is 48.9. The molecule has 14 heteroatoms. The monoisotopic (exact) mass is 503 g/mol. The van der Waals surface area contributed by atoms with E-state index in [2.05, 4.69) is 30.2 Å². The van der Waals surface area contributed by atoms with E-state index in [1.807, 2.05) is 0 Å². The van der Waals surface area contributed by atoms with E-state index in [4.69, 9.17) is 10.5 Å². The minimum atomic E-state index is -5.07. The van der Waals surface area contributed by atoms with E-state index < -0.39 is 29.6 Å². The van der Waals surface area contributed by atoms with Crippen LogP contribution in [0.5, 0.6) is 5.75 Å². The number of morpholine rings is 1. The first kappa shape index (κ1) is 24.9. The SMILES string of the molecule is NC(=O)c1ccc(OC(F)(F)F)c(NC(=O)CN2CCOCC2)c1-c1ccc(-c2cncnc2)nn1. The number of alkyl halides is 3. The number of primary amides is 1. The van der Waals surface area contributed by atoms with Crippen molar-refractivity contribution in [1.29, 1.82) is 0 Å². The molecule has 1 aliphatic rings. The number of hydrogen-bond acceptors (Lipinski definition) is 9. The summed E-state index contributed by atoms with van der Waals surface area (Å²) in [7, 11) is 0. The van der Waals surface area contributed by atoms with E-state index in [9.17, 15) is 22.8 Å². The zero-order chi connectivity index (χ0) is 25.7. The molecule has 11 nitrogen and oxygen atoms in total. The van der Waals surface area contributed by atoms with Crippen LogP contribution in [-0.4, -0.2) is 76.1 Å². The molecule has 0 saturated carbocycles. The number of anilines is 1. The Labute approximate surface area is 202 Å². The molecule has 1 aliphatic heterocycles. The molecule has 1 saturated heterocycles. The van der Waals surface area contributed by atoms with Crippen LogP contribution < -0.4 is 15.8 Å². The van der Waals surface area contributed by atoms with Crippen LogP contribution in [0.2, 0.25) is 0 Å². The number of nitrogens with one attached hydrogen (secondary N) is 1. The highest BCUT2D eigenvalue weighted by Gasteiger charge is 2.34. The van der Waals surface area contributed by atoms with Gasteiger partial charge in [-0.1, -0.05) is 0 Å². The third-order valence-corrected chi connectivity index (χ3v) is 5.17. The van der Waals surface area contributed by atoms with Crippen LogP contribution in [0.15, 0.2) is 43.0 Å². The van der Waals surface area contributed by atoms with E-state index in [0.29, 0.717) is 37.6 Å². The quantitative estimate of drug-likeness (QED) is 0.493. The summed E-state index contributed by atoms with van der Waals surface area (Å²) in [5.74, 6) is -2.31. The van der Waals surface area contributed by atoms with Crippen molar-refractivity contribution in [2.75, 3.05) is 38.2 Å². The van der Waals surface area contributed by atoms with Gasteiger partial charge in [0.2, 0.25) is 11.8 Å². The number of nitrogens with two attached hydrogens (primary N) is 1. The van der Waals surface area contributed by atoms with Gasteiger partial charge in [-0.3, -0.25) is 14.5 Å². The third kappa shape index (κ3) is 6.09. The smallest absolute Gasteiger partial charge is 0.404 e. The lowest BCUT2D eigenvalue weighted by atomic mass is 10.00. The average molecular weight is 503 g/mol. The lowest BCUT2D eigenvalue weighted by Gasteiger charge is -2.26. The fourth-order valence-corrected chi connectivity index (χ4v) is 3.58. The van der Waals surface area contributed by atoms with Crippen LogP contribution in [0.1, 0.15) is 10.4 Å². The molecule has 0 unspecified atom stereocenters. The van der Waals surface area contributed by atoms with Crippen molar-refractivity contribution >= 4 is 17.5 Å². The van der Waals surface area contributed by atoms with Gasteiger partial charge in [0.05, 0.1) is 42.4 Å². The van der Waals surface area contributed by atoms with E-state index in [0.717, 1.165) is 12.1 Å². The highest BCUT2D eigenvalue weighted by Crippen LogP contribution is 2.40. The lowest BCUT2D eigenvalue weighted by molar-refractivity contribution is -0.274. The van der Waals surface area contributed by atoms with Gasteiger partial charge in [0, 0.05) is 36.6 Å². The first-order valence-electron chi connectivity index (χ1n) is 10.6. The van der Waals surface area contributed by atoms with Crippen molar-refractivity contribution < 1.29 is 32.2 Å². The highest BCUT2D eigenvalue weighted by atomic mass is 19.4. The van der Waals surface area contributed by atoms with E-state index in [1.54, 1.807) is 4.90 Å². The number of rotatable bonds is 7. The molecule has 0 radical (unpaired) electrons. The molecular weight excluding hydrogens is 483 g/mol. The van der Waals surface area contributed by atoms with Crippen LogP contribution in [0.25, 0.3) is 22.5 Å². The molecule has 0 aliphatic carbocycles. The molecule has 3 heterocycles. The topological polar surface area (TPSA) is 145 Å². The summed E-state index contributed by atoms with van der Waals surface area (Å²) in [6.07, 6.45) is -0.734. The van der Waals surface area contributed by atoms with Crippen molar-refractivity contribution in [3.63, 3.8) is 0 Å². The summed E-state index contributed by atoms with van der Waals surface area (Å²) in [6.45, 7) is 1.68. The second-order valence-corrected chi connectivity index (χ2v) is 7.64. The molecule has 2 amide bonds. The van der Waals surface area contributed by atoms with Crippen molar-refractivity contribution in [2.24, 2.45) is 5.73 Å². The van der Waals surface area contributed by atoms with Gasteiger partial charge in [-0.05, 0) is 24.3 Å². The van der Waals surface area contributed by atoms with Crippen LogP contribution in [0, 0.1) is 0 Å². The average Bonchev–Trinajstić information content (AvgIpc) is 2.85. The first-order chi connectivity index (χ1) is 17.2. The maximum atomic E-state index is 13.2. The third-order valence-electron chi connectivity index (χ3n) is 5.17. The number of nitrogens with zero attached hydrogens (tertiary/aromatic N) is 5. The van der Waals surface area contributed by atoms with Gasteiger partial charge in [-0.15, -0.1) is 23.4 Å². The number of carbonyl (C=O) groups is 2. The molecule has 4 rings (SSSR count). The summed E-state index contributed by atoms with van der Waals surface area (Å²) in [5, 5.41) is 10.6. The van der Waals surface area contributed by atoms with Crippen LogP contribution in [0.4, 0.5) is 18.9 Å². The molecule has 0 atom stereocenters. The highest BCUT2D eigenvalue weighted by molar-refractivity contribution is 6.07. The predicted molar refractivity (Wildman–Crippen MR) is 120 cm³/mol. The molecule has 2 aromatic heterocycles. The summed E-state index contributed by atoms with van der Waals surface area (Å²) in [4.78, 5) is 34.6. The Bertz CT molecular complexity index is 1230. The van der Waals surface area contributed by atoms with Crippen LogP contribution >= 0.6 is 0 Å². The zero-order valence-electron chi connectivity index (χ0n) is 18.7. The number of benzene rings is 1. The van der Waals surface area contributed by atoms with Gasteiger partial charge in [0.15, 0.2) is 5.75 Å². The second-order valence-electron chi connectivity index (χ2n) is 7.64. The molecule has 0 bridgehead atoms. The lowest BCUT2D eigenvalue weighted by Crippen LogP contribution is -2.41. The Kier molecular flexibility index (Phi) is 7.36. The molecule has 188 valence electrons. The molecule has 0 spiro atoms. The Hall–Kier alpha value is -4.17. The molecule has 1 aromatic carbocycles. The second kappa shape index (κ2) is 10.6. The van der Waals surface area contributed by atoms with Gasteiger partial charge in [-0.2, -0.15) is 0 Å². The molecular formula is C22H20F3N7O4. The summed E-state index contributed by atoms with van der Waals surface area (Å²) in [5.41, 5.74) is 5.64. The van der Waals surface area contributed by atoms with Gasteiger partial charge in [0.1, 0.15) is 6.33 Å². The Morgan fingerprint density at radius 3 is 2.33 bits per heavy atom. The molecule has 1 fully saturated rings. The Morgan fingerprint density at radius 2 is 1.72 bits per heavy atom. The maximum Gasteiger partial charge on any atom is 0.573 e. The summed E-state index contributed by atoms with van der Waals surface area (Å²) >= 11 is 0. The fraction of sp³-hybridized carbons (Fsp3) is 0.273. The van der Waals surface area contributed by atoms with E-state index >= 15 is 0 Å². The Balaban J connectivity index is 1.77. The normalized spacial score (nSPS) is 14.3. The van der Waals surface area contributed by atoms with Gasteiger partial charge in [-0.25, -0.2) is 9.97 Å². The largest absolute Gasteiger partial charge is 0.573 e. The van der Waals surface area contributed by atoms with Crippen molar-refractivity contribution in [1.82, 2.24) is 25.1 Å². The Morgan fingerprint density at radius 1 is 1.06 bits per heavy atom. The maximum absolute atomic E-state index is 13.2. The van der Waals surface area contributed by atoms with Crippen LogP contribution in [-0.2, 0) is 9.53 Å². The summed E-state index contributed by atoms with van der Waals surface area (Å²) in [6, 6.07) is 4.91. The molecule has 36 heavy (non-hydrogen) atoms. The number of amides is 2. The minimum absolute atomic E-state index is 0.0151. The number of ether oxygens (including phenoxy) is 2. The van der Waals surface area contributed by atoms with Gasteiger partial charge in [0.25, 0.3) is 0 Å². The first-order valence-corrected chi connectivity index (χ1v) is 10.6. The van der Waals surface area contributed by atoms with Crippen molar-refractivity contribution in [3.05, 3.63) is 48.5 Å². The number of hydrogen-bond donors (Lipinski definition) is 2. The zero-order valence-corrected chi connectivity index (χ0v) is 18.7. The van der Waals surface area contributed by atoms with Crippen LogP contribution in [0.3, 0.4) is 0 Å². The molecule has 3 N–H and O–H groups in total. The van der Waals surface area contributed by atoms with E-state index in [-0.39, 0.29) is 23.4 Å². The minimum Gasteiger partial charge on any atom is -0.404 e. The predicted octanol–water partition coefficient (Wildman–Crippen LogP) is 1.87. The number of carbonyl (C=O) groups excluding carboxylic acids is 2. The van der Waals surface area contributed by atoms with Crippen molar-refractivity contribution in [3.8, 4) is 28.3 Å². The number of aromatic nitrogens is 4. The van der Waals surface area contributed by atoms with Crippen molar-refractivity contribution in [2.45, 2.75) is 6.36 Å².